The van der Waals surface area contributed by atoms with Crippen LogP contribution >= 0.6 is 34.5 Å². The fraction of sp³-hybridized carbons (Fsp3) is 0.452. The number of benzene rings is 2. The van der Waals surface area contributed by atoms with E-state index in [1.807, 2.05) is 6.07 Å². The molecule has 1 unspecified atom stereocenters. The molecule has 42 heavy (non-hydrogen) atoms. The summed E-state index contributed by atoms with van der Waals surface area (Å²) in [5, 5.41) is 17.5. The third kappa shape index (κ3) is 4.93. The van der Waals surface area contributed by atoms with Gasteiger partial charge >= 0.3 is 0 Å². The lowest BCUT2D eigenvalue weighted by Gasteiger charge is -2.54. The number of ether oxygens (including phenoxy) is 1. The number of hydrogen-bond acceptors (Lipinski definition) is 7. The van der Waals surface area contributed by atoms with E-state index in [1.54, 1.807) is 18.2 Å². The van der Waals surface area contributed by atoms with Crippen molar-refractivity contribution >= 4 is 50.7 Å². The zero-order chi connectivity index (χ0) is 29.2. The van der Waals surface area contributed by atoms with Gasteiger partial charge in [0.05, 0.1) is 33.4 Å². The SMILES string of the molecule is NC(=O)Cc1cc(F)c2nc(C(O)C34CCC(OCc5c(-c6c(Cl)cccc6Cl)noc5C5CC5)(CC3)CC4)sc2c1. The van der Waals surface area contributed by atoms with Crippen LogP contribution in [-0.4, -0.2) is 26.8 Å². The van der Waals surface area contributed by atoms with E-state index in [0.717, 1.165) is 62.7 Å². The van der Waals surface area contributed by atoms with E-state index >= 15 is 0 Å². The molecule has 1 amide bonds. The smallest absolute Gasteiger partial charge is 0.221 e. The molecule has 4 aliphatic rings. The summed E-state index contributed by atoms with van der Waals surface area (Å²) in [5.74, 6) is 0.169. The quantitative estimate of drug-likeness (QED) is 0.197. The summed E-state index contributed by atoms with van der Waals surface area (Å²) >= 11 is 14.3. The fourth-order valence-electron chi connectivity index (χ4n) is 6.82. The first-order chi connectivity index (χ1) is 20.2. The molecule has 4 aromatic rings. The van der Waals surface area contributed by atoms with Crippen molar-refractivity contribution in [3.8, 4) is 11.3 Å². The Hall–Kier alpha value is -2.56. The molecule has 7 nitrogen and oxygen atoms in total. The third-order valence-electron chi connectivity index (χ3n) is 9.44. The number of nitrogens with two attached hydrogens (primary N) is 1. The second-order valence-corrected chi connectivity index (χ2v) is 14.0. The number of rotatable bonds is 9. The Bertz CT molecular complexity index is 1660. The molecule has 2 bridgehead atoms. The average molecular weight is 631 g/mol. The van der Waals surface area contributed by atoms with E-state index in [-0.39, 0.29) is 23.0 Å². The molecule has 0 aliphatic heterocycles. The van der Waals surface area contributed by atoms with E-state index in [2.05, 4.69) is 10.1 Å². The van der Waals surface area contributed by atoms with Crippen LogP contribution in [0.25, 0.3) is 21.5 Å². The zero-order valence-corrected chi connectivity index (χ0v) is 25.1. The lowest BCUT2D eigenvalue weighted by Crippen LogP contribution is -2.49. The topological polar surface area (TPSA) is 111 Å². The normalized spacial score (nSPS) is 24.4. The van der Waals surface area contributed by atoms with Crippen molar-refractivity contribution < 1.29 is 23.6 Å². The second kappa shape index (κ2) is 10.6. The largest absolute Gasteiger partial charge is 0.385 e. The Morgan fingerprint density at radius 2 is 1.86 bits per heavy atom. The minimum Gasteiger partial charge on any atom is -0.385 e. The predicted octanol–water partition coefficient (Wildman–Crippen LogP) is 7.65. The number of carbonyl (C=O) groups excluding carboxylic acids is 1. The number of fused-ring (bicyclic) bond motifs is 4. The number of primary amides is 1. The van der Waals surface area contributed by atoms with Crippen molar-refractivity contribution in [3.63, 3.8) is 0 Å². The Balaban J connectivity index is 1.09. The van der Waals surface area contributed by atoms with E-state index < -0.39 is 17.8 Å². The molecule has 1 atom stereocenters. The number of nitrogens with zero attached hydrogens (tertiary/aromatic N) is 2. The summed E-state index contributed by atoms with van der Waals surface area (Å²) in [5.41, 5.74) is 7.60. The highest BCUT2D eigenvalue weighted by Gasteiger charge is 2.53. The van der Waals surface area contributed by atoms with Gasteiger partial charge in [0.2, 0.25) is 5.91 Å². The first kappa shape index (κ1) is 28.2. The van der Waals surface area contributed by atoms with Crippen LogP contribution in [-0.2, 0) is 22.6 Å². The minimum absolute atomic E-state index is 0.0430. The van der Waals surface area contributed by atoms with E-state index in [4.69, 9.17) is 38.2 Å². The molecule has 0 saturated heterocycles. The standard InChI is InChI=1S/C31H30Cl2FN3O4S/c32-19-2-1-3-20(33)24(19)25-18(27(41-37-25)17-4-5-17)15-40-31-9-6-30(7-10-31,8-11-31)28(39)29-36-26-21(34)12-16(14-23(35)38)13-22(26)42-29/h1-3,12-13,17,28,39H,4-11,14-15H2,(H2,35,38). The van der Waals surface area contributed by atoms with Crippen molar-refractivity contribution in [3.05, 3.63) is 68.1 Å². The molecule has 4 fully saturated rings. The van der Waals surface area contributed by atoms with Gasteiger partial charge in [0, 0.05) is 22.5 Å². The molecule has 11 heteroatoms. The number of hydrogen-bond donors (Lipinski definition) is 2. The molecule has 0 spiro atoms. The maximum atomic E-state index is 14.8. The minimum atomic E-state index is -0.805. The predicted molar refractivity (Wildman–Crippen MR) is 159 cm³/mol. The summed E-state index contributed by atoms with van der Waals surface area (Å²) in [6.07, 6.45) is 6.02. The molecular formula is C31H30Cl2FN3O4S. The molecule has 3 N–H and O–H groups in total. The number of amides is 1. The van der Waals surface area contributed by atoms with Crippen LogP contribution in [0.15, 0.2) is 34.9 Å². The lowest BCUT2D eigenvalue weighted by molar-refractivity contribution is -0.169. The number of aliphatic hydroxyl groups excluding tert-OH is 1. The maximum absolute atomic E-state index is 14.8. The fourth-order valence-corrected chi connectivity index (χ4v) is 8.57. The Labute approximate surface area is 256 Å². The van der Waals surface area contributed by atoms with Gasteiger partial charge in [-0.3, -0.25) is 4.79 Å². The number of carbonyl (C=O) groups is 1. The van der Waals surface area contributed by atoms with E-state index in [1.165, 1.54) is 17.4 Å². The number of halogens is 3. The van der Waals surface area contributed by atoms with Crippen LogP contribution in [0.3, 0.4) is 0 Å². The van der Waals surface area contributed by atoms with Crippen molar-refractivity contribution in [2.45, 2.75) is 82.0 Å². The number of aromatic nitrogens is 2. The third-order valence-corrected chi connectivity index (χ3v) is 11.1. The number of aliphatic hydroxyl groups is 1. The molecule has 2 aromatic heterocycles. The van der Waals surface area contributed by atoms with Gasteiger partial charge in [-0.25, -0.2) is 9.37 Å². The van der Waals surface area contributed by atoms with Crippen LogP contribution in [0, 0.1) is 11.2 Å². The molecular weight excluding hydrogens is 600 g/mol. The highest BCUT2D eigenvalue weighted by molar-refractivity contribution is 7.18. The molecule has 0 radical (unpaired) electrons. The number of thiazole rings is 1. The zero-order valence-electron chi connectivity index (χ0n) is 22.8. The molecule has 220 valence electrons. The Kier molecular flexibility index (Phi) is 7.09. The van der Waals surface area contributed by atoms with Gasteiger partial charge in [-0.15, -0.1) is 11.3 Å². The summed E-state index contributed by atoms with van der Waals surface area (Å²) in [6.45, 7) is 0.354. The Morgan fingerprint density at radius 1 is 1.17 bits per heavy atom. The molecule has 2 aromatic carbocycles. The Morgan fingerprint density at radius 3 is 2.50 bits per heavy atom. The summed E-state index contributed by atoms with van der Waals surface area (Å²) in [4.78, 5) is 15.8. The van der Waals surface area contributed by atoms with Gasteiger partial charge in [0.25, 0.3) is 0 Å². The van der Waals surface area contributed by atoms with Crippen molar-refractivity contribution in [2.75, 3.05) is 0 Å². The molecule has 4 aliphatic carbocycles. The first-order valence-electron chi connectivity index (χ1n) is 14.3. The molecule has 4 saturated carbocycles. The van der Waals surface area contributed by atoms with Gasteiger partial charge in [-0.2, -0.15) is 0 Å². The van der Waals surface area contributed by atoms with Crippen LogP contribution in [0.5, 0.6) is 0 Å². The van der Waals surface area contributed by atoms with Crippen LogP contribution in [0.2, 0.25) is 10.0 Å². The second-order valence-electron chi connectivity index (χ2n) is 12.1. The van der Waals surface area contributed by atoms with Crippen LogP contribution in [0.4, 0.5) is 4.39 Å². The van der Waals surface area contributed by atoms with Crippen molar-refractivity contribution in [2.24, 2.45) is 11.1 Å². The van der Waals surface area contributed by atoms with E-state index in [9.17, 15) is 14.3 Å². The average Bonchev–Trinajstić information content (AvgIpc) is 3.58. The maximum Gasteiger partial charge on any atom is 0.221 e. The highest BCUT2D eigenvalue weighted by Crippen LogP contribution is 2.60. The van der Waals surface area contributed by atoms with Gasteiger partial charge in [-0.05, 0) is 81.2 Å². The molecule has 2 heterocycles. The lowest BCUT2D eigenvalue weighted by atomic mass is 9.56. The molecule has 8 rings (SSSR count). The highest BCUT2D eigenvalue weighted by atomic mass is 35.5. The van der Waals surface area contributed by atoms with Gasteiger partial charge in [-0.1, -0.05) is 34.4 Å². The van der Waals surface area contributed by atoms with Crippen LogP contribution < -0.4 is 5.73 Å². The van der Waals surface area contributed by atoms with Crippen molar-refractivity contribution in [1.29, 1.82) is 0 Å². The van der Waals surface area contributed by atoms with Crippen LogP contribution in [0.1, 0.15) is 85.3 Å². The van der Waals surface area contributed by atoms with Gasteiger partial charge in [0.1, 0.15) is 28.1 Å². The summed E-state index contributed by atoms with van der Waals surface area (Å²) in [7, 11) is 0. The monoisotopic (exact) mass is 629 g/mol. The van der Waals surface area contributed by atoms with Gasteiger partial charge < -0.3 is 20.1 Å². The first-order valence-corrected chi connectivity index (χ1v) is 15.9. The van der Waals surface area contributed by atoms with Crippen molar-refractivity contribution in [1.82, 2.24) is 10.1 Å². The summed E-state index contributed by atoms with van der Waals surface area (Å²) in [6, 6.07) is 8.43. The summed E-state index contributed by atoms with van der Waals surface area (Å²) < 4.78 is 27.9. The van der Waals surface area contributed by atoms with E-state index in [0.29, 0.717) is 49.1 Å². The van der Waals surface area contributed by atoms with Gasteiger partial charge in [0.15, 0.2) is 5.82 Å².